The van der Waals surface area contributed by atoms with Crippen LogP contribution in [0.4, 0.5) is 11.5 Å². The highest BCUT2D eigenvalue weighted by Gasteiger charge is 2.21. The van der Waals surface area contributed by atoms with Crippen LogP contribution in [0.3, 0.4) is 0 Å². The molecule has 0 bridgehead atoms. The lowest BCUT2D eigenvalue weighted by Crippen LogP contribution is -2.47. The van der Waals surface area contributed by atoms with E-state index in [0.717, 1.165) is 67.5 Å². The summed E-state index contributed by atoms with van der Waals surface area (Å²) in [4.78, 5) is 21.8. The molecule has 5 rings (SSSR count). The van der Waals surface area contributed by atoms with E-state index in [1.807, 2.05) is 32.0 Å². The van der Waals surface area contributed by atoms with Gasteiger partial charge in [-0.1, -0.05) is 0 Å². The highest BCUT2D eigenvalue weighted by Crippen LogP contribution is 2.24. The molecular formula is C22H26N6O2. The largest absolute Gasteiger partial charge is 0.376 e. The van der Waals surface area contributed by atoms with E-state index in [1.165, 1.54) is 0 Å². The van der Waals surface area contributed by atoms with E-state index in [0.29, 0.717) is 12.0 Å². The summed E-state index contributed by atoms with van der Waals surface area (Å²) in [5.41, 5.74) is 4.07. The van der Waals surface area contributed by atoms with Gasteiger partial charge in [-0.2, -0.15) is 5.10 Å². The van der Waals surface area contributed by atoms with Crippen molar-refractivity contribution >= 4 is 22.4 Å². The van der Waals surface area contributed by atoms with Crippen LogP contribution in [0.2, 0.25) is 0 Å². The maximum atomic E-state index is 12.6. The molecule has 0 saturated carbocycles. The topological polar surface area (TPSA) is 76.4 Å². The lowest BCUT2D eigenvalue weighted by atomic mass is 10.1. The quantitative estimate of drug-likeness (QED) is 0.660. The van der Waals surface area contributed by atoms with Gasteiger partial charge in [-0.05, 0) is 38.1 Å². The molecule has 0 spiro atoms. The molecule has 2 aromatic heterocycles. The minimum atomic E-state index is 0.0151. The number of ether oxygens (including phenoxy) is 1. The Bertz CT molecular complexity index is 1130. The highest BCUT2D eigenvalue weighted by molar-refractivity contribution is 5.81. The van der Waals surface area contributed by atoms with Crippen molar-refractivity contribution in [3.63, 3.8) is 0 Å². The van der Waals surface area contributed by atoms with Gasteiger partial charge in [0.05, 0.1) is 36.1 Å². The summed E-state index contributed by atoms with van der Waals surface area (Å²) in [5, 5.41) is 9.52. The lowest BCUT2D eigenvalue weighted by Gasteiger charge is -2.36. The third-order valence-corrected chi connectivity index (χ3v) is 5.98. The van der Waals surface area contributed by atoms with Crippen LogP contribution in [0.5, 0.6) is 0 Å². The van der Waals surface area contributed by atoms with Crippen LogP contribution in [0.15, 0.2) is 35.4 Å². The maximum absolute atomic E-state index is 12.6. The Hall–Kier alpha value is -3.00. The summed E-state index contributed by atoms with van der Waals surface area (Å²) in [6.07, 6.45) is 2.49. The third-order valence-electron chi connectivity index (χ3n) is 5.98. The van der Waals surface area contributed by atoms with Crippen molar-refractivity contribution in [1.82, 2.24) is 19.7 Å². The second-order valence-electron chi connectivity index (χ2n) is 8.20. The van der Waals surface area contributed by atoms with Crippen molar-refractivity contribution in [3.8, 4) is 0 Å². The predicted octanol–water partition coefficient (Wildman–Crippen LogP) is 2.17. The Labute approximate surface area is 175 Å². The molecule has 1 aromatic carbocycles. The minimum absolute atomic E-state index is 0.0151. The number of benzene rings is 1. The Kier molecular flexibility index (Phi) is 4.86. The summed E-state index contributed by atoms with van der Waals surface area (Å²) >= 11 is 0. The monoisotopic (exact) mass is 406 g/mol. The van der Waals surface area contributed by atoms with E-state index in [9.17, 15) is 4.79 Å². The highest BCUT2D eigenvalue weighted by atomic mass is 16.5. The van der Waals surface area contributed by atoms with Crippen molar-refractivity contribution in [3.05, 3.63) is 52.2 Å². The van der Waals surface area contributed by atoms with Gasteiger partial charge in [0.2, 0.25) is 0 Å². The first-order chi connectivity index (χ1) is 14.6. The molecule has 1 saturated heterocycles. The molecule has 0 unspecified atom stereocenters. The van der Waals surface area contributed by atoms with E-state index in [2.05, 4.69) is 31.0 Å². The first kappa shape index (κ1) is 19.0. The van der Waals surface area contributed by atoms with Crippen LogP contribution < -0.4 is 15.4 Å². The van der Waals surface area contributed by atoms with Crippen LogP contribution >= 0.6 is 0 Å². The molecule has 8 nitrogen and oxygen atoms in total. The van der Waals surface area contributed by atoms with E-state index in [1.54, 1.807) is 10.9 Å². The number of piperazine rings is 1. The first-order valence-corrected chi connectivity index (χ1v) is 10.5. The minimum Gasteiger partial charge on any atom is -0.376 e. The Balaban J connectivity index is 1.32. The molecule has 0 radical (unpaired) electrons. The van der Waals surface area contributed by atoms with Gasteiger partial charge in [-0.15, -0.1) is 5.10 Å². The third kappa shape index (κ3) is 3.41. The zero-order valence-electron chi connectivity index (χ0n) is 17.4. The second-order valence-corrected chi connectivity index (χ2v) is 8.20. The van der Waals surface area contributed by atoms with Gasteiger partial charge >= 0.3 is 0 Å². The fourth-order valence-electron chi connectivity index (χ4n) is 4.17. The normalized spacial score (nSPS) is 16.9. The van der Waals surface area contributed by atoms with Gasteiger partial charge in [0.1, 0.15) is 0 Å². The van der Waals surface area contributed by atoms with Crippen molar-refractivity contribution in [2.24, 2.45) is 0 Å². The van der Waals surface area contributed by atoms with Gasteiger partial charge in [0.15, 0.2) is 5.82 Å². The fraction of sp³-hybridized carbons (Fsp3) is 0.455. The smallest absolute Gasteiger partial charge is 0.261 e. The summed E-state index contributed by atoms with van der Waals surface area (Å²) in [7, 11) is 0. The van der Waals surface area contributed by atoms with E-state index in [4.69, 9.17) is 4.74 Å². The average Bonchev–Trinajstić information content (AvgIpc) is 2.78. The number of rotatable bonds is 3. The van der Waals surface area contributed by atoms with Crippen molar-refractivity contribution in [2.45, 2.75) is 32.9 Å². The standard InChI is InChI=1S/C22H26N6O2/c1-15(2)28-14-23-20-12-17(3-4-18(20)22(28)29)26-6-8-27(9-7-26)21-11-16-13-30-10-5-19(16)24-25-21/h3-4,11-12,14-15H,5-10,13H2,1-2H3. The first-order valence-electron chi connectivity index (χ1n) is 10.5. The molecule has 0 amide bonds. The Morgan fingerprint density at radius 1 is 1.03 bits per heavy atom. The van der Waals surface area contributed by atoms with Gasteiger partial charge in [-0.25, -0.2) is 4.98 Å². The summed E-state index contributed by atoms with van der Waals surface area (Å²) in [5.74, 6) is 0.924. The molecule has 3 aromatic rings. The van der Waals surface area contributed by atoms with Crippen molar-refractivity contribution in [1.29, 1.82) is 0 Å². The van der Waals surface area contributed by atoms with Crippen LogP contribution in [0.25, 0.3) is 10.9 Å². The van der Waals surface area contributed by atoms with E-state index < -0.39 is 0 Å². The van der Waals surface area contributed by atoms with Gasteiger partial charge < -0.3 is 14.5 Å². The Morgan fingerprint density at radius 3 is 2.63 bits per heavy atom. The molecule has 0 N–H and O–H groups in total. The predicted molar refractivity (Wildman–Crippen MR) is 116 cm³/mol. The molecule has 0 aliphatic carbocycles. The number of hydrogen-bond donors (Lipinski definition) is 0. The zero-order valence-corrected chi connectivity index (χ0v) is 17.4. The molecule has 30 heavy (non-hydrogen) atoms. The summed E-state index contributed by atoms with van der Waals surface area (Å²) in [6, 6.07) is 8.17. The SMILES string of the molecule is CC(C)n1cnc2cc(N3CCN(c4cc5c(nn4)CCOC5)CC3)ccc2c1=O. The summed E-state index contributed by atoms with van der Waals surface area (Å²) in [6.45, 7) is 8.83. The Morgan fingerprint density at radius 2 is 1.83 bits per heavy atom. The molecule has 0 atom stereocenters. The van der Waals surface area contributed by atoms with E-state index >= 15 is 0 Å². The molecular weight excluding hydrogens is 380 g/mol. The van der Waals surface area contributed by atoms with Crippen molar-refractivity contribution in [2.75, 3.05) is 42.6 Å². The van der Waals surface area contributed by atoms with Gasteiger partial charge in [0.25, 0.3) is 5.56 Å². The van der Waals surface area contributed by atoms with Crippen molar-refractivity contribution < 1.29 is 4.74 Å². The molecule has 1 fully saturated rings. The fourth-order valence-corrected chi connectivity index (χ4v) is 4.17. The molecule has 8 heteroatoms. The maximum Gasteiger partial charge on any atom is 0.261 e. The molecule has 4 heterocycles. The molecule has 2 aliphatic heterocycles. The van der Waals surface area contributed by atoms with Crippen LogP contribution in [-0.4, -0.2) is 52.5 Å². The number of anilines is 2. The molecule has 2 aliphatic rings. The second kappa shape index (κ2) is 7.68. The van der Waals surface area contributed by atoms with Gasteiger partial charge in [0, 0.05) is 49.9 Å². The number of aromatic nitrogens is 4. The van der Waals surface area contributed by atoms with E-state index in [-0.39, 0.29) is 11.6 Å². The van der Waals surface area contributed by atoms with Crippen LogP contribution in [0.1, 0.15) is 31.1 Å². The zero-order chi connectivity index (χ0) is 20.7. The van der Waals surface area contributed by atoms with Gasteiger partial charge in [-0.3, -0.25) is 9.36 Å². The molecule has 156 valence electrons. The lowest BCUT2D eigenvalue weighted by molar-refractivity contribution is 0.109. The summed E-state index contributed by atoms with van der Waals surface area (Å²) < 4.78 is 7.22. The number of hydrogen-bond acceptors (Lipinski definition) is 7. The number of fused-ring (bicyclic) bond motifs is 2. The number of nitrogens with zero attached hydrogens (tertiary/aromatic N) is 6. The van der Waals surface area contributed by atoms with Crippen LogP contribution in [0, 0.1) is 0 Å². The average molecular weight is 406 g/mol. The van der Waals surface area contributed by atoms with Crippen LogP contribution in [-0.2, 0) is 17.8 Å².